The summed E-state index contributed by atoms with van der Waals surface area (Å²) in [5.41, 5.74) is 0.533. The molecule has 0 N–H and O–H groups in total. The molecule has 2 fully saturated rings. The highest BCUT2D eigenvalue weighted by Crippen LogP contribution is 2.45. The van der Waals surface area contributed by atoms with Crippen LogP contribution in [0.1, 0.15) is 19.8 Å². The molecule has 19 heavy (non-hydrogen) atoms. The normalized spacial score (nSPS) is 30.1. The number of halogens is 2. The molecule has 2 aliphatic rings. The third-order valence-electron chi connectivity index (χ3n) is 4.02. The van der Waals surface area contributed by atoms with Crippen LogP contribution in [-0.4, -0.2) is 11.8 Å². The number of carbonyl (C=O) groups is 2. The summed E-state index contributed by atoms with van der Waals surface area (Å²) in [4.78, 5) is 26.2. The van der Waals surface area contributed by atoms with Crippen LogP contribution in [0.5, 0.6) is 0 Å². The van der Waals surface area contributed by atoms with Gasteiger partial charge in [-0.1, -0.05) is 18.5 Å². The lowest BCUT2D eigenvalue weighted by atomic mass is 10.00. The number of rotatable bonds is 1. The summed E-state index contributed by atoms with van der Waals surface area (Å²) in [7, 11) is 0. The Labute approximate surface area is 130 Å². The standard InChI is InChI=1S/C14H13ClINO2/c1-7-4-9-10(5-7)14(19)17(13(9)18)12-6-8(16)2-3-11(12)15/h2-3,6-7,9-10H,4-5H2,1H3. The van der Waals surface area contributed by atoms with Gasteiger partial charge in [-0.25, -0.2) is 4.90 Å². The number of nitrogens with zero attached hydrogens (tertiary/aromatic N) is 1. The highest BCUT2D eigenvalue weighted by Gasteiger charge is 2.52. The lowest BCUT2D eigenvalue weighted by molar-refractivity contribution is -0.123. The van der Waals surface area contributed by atoms with Gasteiger partial charge in [0.25, 0.3) is 0 Å². The van der Waals surface area contributed by atoms with Crippen LogP contribution in [0.4, 0.5) is 5.69 Å². The first kappa shape index (κ1) is 13.4. The zero-order valence-electron chi connectivity index (χ0n) is 10.4. The molecule has 0 aromatic heterocycles. The molecule has 1 aliphatic heterocycles. The summed E-state index contributed by atoms with van der Waals surface area (Å²) in [5, 5.41) is 0.454. The number of imide groups is 1. The maximum Gasteiger partial charge on any atom is 0.237 e. The van der Waals surface area contributed by atoms with E-state index in [2.05, 4.69) is 29.5 Å². The van der Waals surface area contributed by atoms with Crippen LogP contribution in [0.15, 0.2) is 18.2 Å². The summed E-state index contributed by atoms with van der Waals surface area (Å²) >= 11 is 8.29. The van der Waals surface area contributed by atoms with E-state index in [0.29, 0.717) is 16.6 Å². The van der Waals surface area contributed by atoms with E-state index in [0.717, 1.165) is 16.4 Å². The smallest absolute Gasteiger partial charge is 0.237 e. The van der Waals surface area contributed by atoms with Crippen LogP contribution in [0.2, 0.25) is 5.02 Å². The van der Waals surface area contributed by atoms with Gasteiger partial charge in [-0.05, 0) is 59.5 Å². The lowest BCUT2D eigenvalue weighted by Crippen LogP contribution is -2.32. The molecule has 100 valence electrons. The average molecular weight is 390 g/mol. The van der Waals surface area contributed by atoms with Crippen molar-refractivity contribution in [2.45, 2.75) is 19.8 Å². The second-order valence-corrected chi connectivity index (χ2v) is 7.05. The van der Waals surface area contributed by atoms with Crippen LogP contribution < -0.4 is 4.90 Å². The summed E-state index contributed by atoms with van der Waals surface area (Å²) in [6.07, 6.45) is 1.63. The Balaban J connectivity index is 2.01. The fraction of sp³-hybridized carbons (Fsp3) is 0.429. The molecule has 0 bridgehead atoms. The van der Waals surface area contributed by atoms with Crippen molar-refractivity contribution in [1.82, 2.24) is 0 Å². The Morgan fingerprint density at radius 2 is 1.79 bits per heavy atom. The number of amides is 2. The minimum Gasteiger partial charge on any atom is -0.274 e. The monoisotopic (exact) mass is 389 g/mol. The highest BCUT2D eigenvalue weighted by molar-refractivity contribution is 14.1. The maximum absolute atomic E-state index is 12.5. The van der Waals surface area contributed by atoms with Crippen LogP contribution in [0.3, 0.4) is 0 Å². The van der Waals surface area contributed by atoms with E-state index >= 15 is 0 Å². The van der Waals surface area contributed by atoms with Crippen molar-refractivity contribution in [3.05, 3.63) is 26.8 Å². The van der Waals surface area contributed by atoms with E-state index in [9.17, 15) is 9.59 Å². The molecule has 2 amide bonds. The van der Waals surface area contributed by atoms with Crippen LogP contribution in [0, 0.1) is 21.3 Å². The Morgan fingerprint density at radius 3 is 2.37 bits per heavy atom. The molecule has 3 nitrogen and oxygen atoms in total. The van der Waals surface area contributed by atoms with Gasteiger partial charge in [0.2, 0.25) is 11.8 Å². The molecular formula is C14H13ClINO2. The highest BCUT2D eigenvalue weighted by atomic mass is 127. The molecule has 2 atom stereocenters. The first-order valence-corrected chi connectivity index (χ1v) is 7.77. The van der Waals surface area contributed by atoms with Gasteiger partial charge in [0.15, 0.2) is 0 Å². The second kappa shape index (κ2) is 4.74. The number of fused-ring (bicyclic) bond motifs is 1. The Kier molecular flexibility index (Phi) is 3.33. The van der Waals surface area contributed by atoms with Gasteiger partial charge in [0.1, 0.15) is 0 Å². The SMILES string of the molecule is CC1CC2C(=O)N(c3cc(I)ccc3Cl)C(=O)C2C1. The number of benzene rings is 1. The third kappa shape index (κ3) is 2.09. The molecule has 0 spiro atoms. The van der Waals surface area contributed by atoms with E-state index in [4.69, 9.17) is 11.6 Å². The predicted octanol–water partition coefficient (Wildman–Crippen LogP) is 3.48. The maximum atomic E-state index is 12.5. The average Bonchev–Trinajstić information content (AvgIpc) is 2.84. The Hall–Kier alpha value is -0.620. The van der Waals surface area contributed by atoms with Crippen molar-refractivity contribution in [1.29, 1.82) is 0 Å². The molecule has 1 saturated carbocycles. The number of anilines is 1. The van der Waals surface area contributed by atoms with Crippen molar-refractivity contribution >= 4 is 51.7 Å². The minimum atomic E-state index is -0.142. The second-order valence-electron chi connectivity index (χ2n) is 5.40. The van der Waals surface area contributed by atoms with Crippen LogP contribution in [0.25, 0.3) is 0 Å². The van der Waals surface area contributed by atoms with E-state index in [-0.39, 0.29) is 23.7 Å². The van der Waals surface area contributed by atoms with Gasteiger partial charge in [-0.3, -0.25) is 9.59 Å². The molecular weight excluding hydrogens is 377 g/mol. The molecule has 5 heteroatoms. The summed E-state index contributed by atoms with van der Waals surface area (Å²) in [6, 6.07) is 5.39. The van der Waals surface area contributed by atoms with Crippen molar-refractivity contribution in [3.8, 4) is 0 Å². The zero-order chi connectivity index (χ0) is 13.7. The van der Waals surface area contributed by atoms with E-state index < -0.39 is 0 Å². The van der Waals surface area contributed by atoms with Crippen molar-refractivity contribution in [2.75, 3.05) is 4.90 Å². The first-order valence-electron chi connectivity index (χ1n) is 6.32. The van der Waals surface area contributed by atoms with Crippen LogP contribution in [-0.2, 0) is 9.59 Å². The van der Waals surface area contributed by atoms with Gasteiger partial charge in [0.05, 0.1) is 22.5 Å². The van der Waals surface area contributed by atoms with Gasteiger partial charge < -0.3 is 0 Å². The summed E-state index contributed by atoms with van der Waals surface area (Å²) in [6.45, 7) is 2.10. The third-order valence-corrected chi connectivity index (χ3v) is 5.01. The van der Waals surface area contributed by atoms with Crippen molar-refractivity contribution in [3.63, 3.8) is 0 Å². The molecule has 0 radical (unpaired) electrons. The molecule has 1 heterocycles. The first-order chi connectivity index (χ1) is 8.99. The van der Waals surface area contributed by atoms with Gasteiger partial charge in [-0.15, -0.1) is 0 Å². The van der Waals surface area contributed by atoms with Gasteiger partial charge in [-0.2, -0.15) is 0 Å². The Morgan fingerprint density at radius 1 is 1.21 bits per heavy atom. The number of carbonyl (C=O) groups excluding carboxylic acids is 2. The van der Waals surface area contributed by atoms with Crippen molar-refractivity contribution < 1.29 is 9.59 Å². The van der Waals surface area contributed by atoms with E-state index in [1.165, 1.54) is 4.90 Å². The minimum absolute atomic E-state index is 0.0803. The van der Waals surface area contributed by atoms with E-state index in [1.54, 1.807) is 12.1 Å². The number of hydrogen-bond donors (Lipinski definition) is 0. The quantitative estimate of drug-likeness (QED) is 0.545. The Bertz CT molecular complexity index is 551. The van der Waals surface area contributed by atoms with Gasteiger partial charge >= 0.3 is 0 Å². The van der Waals surface area contributed by atoms with Gasteiger partial charge in [0, 0.05) is 3.57 Å². The molecule has 2 unspecified atom stereocenters. The topological polar surface area (TPSA) is 37.4 Å². The molecule has 1 aromatic rings. The molecule has 1 saturated heterocycles. The lowest BCUT2D eigenvalue weighted by Gasteiger charge is -2.18. The summed E-state index contributed by atoms with van der Waals surface area (Å²) in [5.74, 6) is 0.01000. The predicted molar refractivity (Wildman–Crippen MR) is 82.0 cm³/mol. The van der Waals surface area contributed by atoms with E-state index in [1.807, 2.05) is 6.07 Å². The molecule has 1 aliphatic carbocycles. The number of hydrogen-bond acceptors (Lipinski definition) is 2. The van der Waals surface area contributed by atoms with Crippen LogP contribution >= 0.6 is 34.2 Å². The summed E-state index contributed by atoms with van der Waals surface area (Å²) < 4.78 is 0.961. The molecule has 3 rings (SSSR count). The molecule has 1 aromatic carbocycles. The zero-order valence-corrected chi connectivity index (χ0v) is 13.3. The largest absolute Gasteiger partial charge is 0.274 e. The fourth-order valence-electron chi connectivity index (χ4n) is 3.17. The fourth-order valence-corrected chi connectivity index (χ4v) is 3.85. The van der Waals surface area contributed by atoms with Crippen molar-refractivity contribution in [2.24, 2.45) is 17.8 Å².